The first-order chi connectivity index (χ1) is 11.5. The number of thioether (sulfide) groups is 1. The molecule has 0 aromatic heterocycles. The first-order valence-electron chi connectivity index (χ1n) is 7.77. The molecule has 5 heteroatoms. The fourth-order valence-corrected chi connectivity index (χ4v) is 3.10. The second-order valence-corrected chi connectivity index (χ2v) is 6.77. The Hall–Kier alpha value is -2.27. The van der Waals surface area contributed by atoms with Gasteiger partial charge >= 0.3 is 5.97 Å². The van der Waals surface area contributed by atoms with Crippen LogP contribution in [0.1, 0.15) is 29.8 Å². The van der Waals surface area contributed by atoms with Crippen LogP contribution in [0.2, 0.25) is 0 Å². The second kappa shape index (κ2) is 8.55. The number of hydrogen-bond acceptors (Lipinski definition) is 3. The predicted octanol–water partition coefficient (Wildman–Crippen LogP) is 3.91. The lowest BCUT2D eigenvalue weighted by molar-refractivity contribution is -0.138. The van der Waals surface area contributed by atoms with E-state index in [1.54, 1.807) is 23.9 Å². The summed E-state index contributed by atoms with van der Waals surface area (Å²) in [5.41, 5.74) is 1.63. The van der Waals surface area contributed by atoms with E-state index in [-0.39, 0.29) is 18.5 Å². The van der Waals surface area contributed by atoms with Gasteiger partial charge in [0.25, 0.3) is 5.91 Å². The van der Waals surface area contributed by atoms with Crippen LogP contribution in [0.25, 0.3) is 0 Å². The monoisotopic (exact) mass is 343 g/mol. The number of carboxylic acids is 1. The van der Waals surface area contributed by atoms with E-state index in [1.165, 1.54) is 9.80 Å². The van der Waals surface area contributed by atoms with Crippen LogP contribution in [0.3, 0.4) is 0 Å². The highest BCUT2D eigenvalue weighted by atomic mass is 32.2. The van der Waals surface area contributed by atoms with Gasteiger partial charge in [0.1, 0.15) is 6.54 Å². The van der Waals surface area contributed by atoms with Crippen LogP contribution in [0.15, 0.2) is 59.5 Å². The number of hydrogen-bond donors (Lipinski definition) is 1. The summed E-state index contributed by atoms with van der Waals surface area (Å²) >= 11 is 1.73. The van der Waals surface area contributed by atoms with Gasteiger partial charge in [-0.3, -0.25) is 9.59 Å². The highest BCUT2D eigenvalue weighted by Crippen LogP contribution is 2.22. The number of carboxylic acid groups (broad SMARTS) is 1. The summed E-state index contributed by atoms with van der Waals surface area (Å²) in [6, 6.07) is 17.3. The van der Waals surface area contributed by atoms with Gasteiger partial charge in [0.15, 0.2) is 0 Å². The van der Waals surface area contributed by atoms with Crippen molar-refractivity contribution in [1.82, 2.24) is 4.90 Å². The van der Waals surface area contributed by atoms with Crippen molar-refractivity contribution in [2.75, 3.05) is 6.54 Å². The molecule has 2 rings (SSSR count). The Morgan fingerprint density at radius 1 is 1.04 bits per heavy atom. The molecule has 0 fully saturated rings. The van der Waals surface area contributed by atoms with Crippen molar-refractivity contribution in [3.05, 3.63) is 65.7 Å². The summed E-state index contributed by atoms with van der Waals surface area (Å²) in [6.07, 6.45) is 0. The fraction of sp³-hybridized carbons (Fsp3) is 0.263. The van der Waals surface area contributed by atoms with Gasteiger partial charge in [0, 0.05) is 22.3 Å². The van der Waals surface area contributed by atoms with Crippen molar-refractivity contribution < 1.29 is 14.7 Å². The third-order valence-corrected chi connectivity index (χ3v) is 4.62. The van der Waals surface area contributed by atoms with Gasteiger partial charge in [-0.25, -0.2) is 0 Å². The second-order valence-electron chi connectivity index (χ2n) is 5.72. The van der Waals surface area contributed by atoms with E-state index in [2.05, 4.69) is 12.1 Å². The average Bonchev–Trinajstić information content (AvgIpc) is 2.58. The number of amides is 1. The lowest BCUT2D eigenvalue weighted by atomic mass is 10.1. The van der Waals surface area contributed by atoms with E-state index in [4.69, 9.17) is 5.11 Å². The van der Waals surface area contributed by atoms with Crippen molar-refractivity contribution in [3.63, 3.8) is 0 Å². The standard InChI is InChI=1S/C19H21NO3S/c1-14(2)20(12-18(21)22)19(23)16-10-8-15(9-11-16)13-24-17-6-4-3-5-7-17/h3-11,14H,12-13H2,1-2H3,(H,21,22). The largest absolute Gasteiger partial charge is 0.480 e. The van der Waals surface area contributed by atoms with E-state index in [0.29, 0.717) is 5.56 Å². The number of carbonyl (C=O) groups is 2. The Morgan fingerprint density at radius 2 is 1.67 bits per heavy atom. The Bertz CT molecular complexity index is 684. The Morgan fingerprint density at radius 3 is 2.21 bits per heavy atom. The highest BCUT2D eigenvalue weighted by molar-refractivity contribution is 7.98. The van der Waals surface area contributed by atoms with Crippen LogP contribution in [0, 0.1) is 0 Å². The minimum absolute atomic E-state index is 0.165. The van der Waals surface area contributed by atoms with Crippen LogP contribution in [-0.4, -0.2) is 34.5 Å². The van der Waals surface area contributed by atoms with Crippen LogP contribution in [-0.2, 0) is 10.5 Å². The maximum Gasteiger partial charge on any atom is 0.323 e. The van der Waals surface area contributed by atoms with Crippen LogP contribution < -0.4 is 0 Å². The van der Waals surface area contributed by atoms with E-state index >= 15 is 0 Å². The summed E-state index contributed by atoms with van der Waals surface area (Å²) in [5.74, 6) is -0.441. The Labute approximate surface area is 146 Å². The van der Waals surface area contributed by atoms with E-state index in [1.807, 2.05) is 44.2 Å². The van der Waals surface area contributed by atoms with Gasteiger partial charge in [0.2, 0.25) is 0 Å². The lowest BCUT2D eigenvalue weighted by Crippen LogP contribution is -2.40. The number of rotatable bonds is 7. The molecular formula is C19H21NO3S. The highest BCUT2D eigenvalue weighted by Gasteiger charge is 2.21. The first kappa shape index (κ1) is 18.1. The van der Waals surface area contributed by atoms with Crippen LogP contribution in [0.5, 0.6) is 0 Å². The molecule has 0 heterocycles. The lowest BCUT2D eigenvalue weighted by Gasteiger charge is -2.25. The van der Waals surface area contributed by atoms with Gasteiger partial charge in [-0.15, -0.1) is 11.8 Å². The molecular weight excluding hydrogens is 322 g/mol. The average molecular weight is 343 g/mol. The molecule has 2 aromatic carbocycles. The van der Waals surface area contributed by atoms with Crippen LogP contribution in [0.4, 0.5) is 0 Å². The van der Waals surface area contributed by atoms with Crippen molar-refractivity contribution in [2.24, 2.45) is 0 Å². The van der Waals surface area contributed by atoms with Crippen molar-refractivity contribution in [3.8, 4) is 0 Å². The molecule has 0 atom stereocenters. The molecule has 0 aliphatic carbocycles. The number of nitrogens with zero attached hydrogens (tertiary/aromatic N) is 1. The molecule has 0 unspecified atom stereocenters. The van der Waals surface area contributed by atoms with Crippen LogP contribution >= 0.6 is 11.8 Å². The molecule has 0 radical (unpaired) electrons. The molecule has 0 aliphatic rings. The molecule has 0 aliphatic heterocycles. The van der Waals surface area contributed by atoms with E-state index in [9.17, 15) is 9.59 Å². The van der Waals surface area contributed by atoms with Gasteiger partial charge in [-0.05, 0) is 43.7 Å². The zero-order valence-electron chi connectivity index (χ0n) is 13.8. The smallest absolute Gasteiger partial charge is 0.323 e. The van der Waals surface area contributed by atoms with Crippen molar-refractivity contribution in [2.45, 2.75) is 30.5 Å². The predicted molar refractivity (Wildman–Crippen MR) is 96.3 cm³/mol. The van der Waals surface area contributed by atoms with E-state index in [0.717, 1.165) is 11.3 Å². The zero-order chi connectivity index (χ0) is 17.5. The minimum Gasteiger partial charge on any atom is -0.480 e. The molecule has 1 amide bonds. The normalized spacial score (nSPS) is 10.6. The molecule has 0 saturated carbocycles. The molecule has 0 saturated heterocycles. The fourth-order valence-electron chi connectivity index (χ4n) is 2.23. The third kappa shape index (κ3) is 5.13. The van der Waals surface area contributed by atoms with Crippen molar-refractivity contribution in [1.29, 1.82) is 0 Å². The van der Waals surface area contributed by atoms with Gasteiger partial charge in [-0.1, -0.05) is 30.3 Å². The summed E-state index contributed by atoms with van der Waals surface area (Å²) in [7, 11) is 0. The molecule has 4 nitrogen and oxygen atoms in total. The van der Waals surface area contributed by atoms with Crippen molar-refractivity contribution >= 4 is 23.6 Å². The summed E-state index contributed by atoms with van der Waals surface area (Å²) in [5, 5.41) is 8.95. The number of aliphatic carboxylic acids is 1. The topological polar surface area (TPSA) is 57.6 Å². The molecule has 0 bridgehead atoms. The summed E-state index contributed by atoms with van der Waals surface area (Å²) < 4.78 is 0. The summed E-state index contributed by atoms with van der Waals surface area (Å²) in [6.45, 7) is 3.33. The maximum absolute atomic E-state index is 12.5. The molecule has 1 N–H and O–H groups in total. The summed E-state index contributed by atoms with van der Waals surface area (Å²) in [4.78, 5) is 26.0. The molecule has 0 spiro atoms. The maximum atomic E-state index is 12.5. The minimum atomic E-state index is -1.01. The quantitative estimate of drug-likeness (QED) is 0.774. The first-order valence-corrected chi connectivity index (χ1v) is 8.75. The van der Waals surface area contributed by atoms with Gasteiger partial charge in [0.05, 0.1) is 0 Å². The Balaban J connectivity index is 2.02. The number of benzene rings is 2. The molecule has 24 heavy (non-hydrogen) atoms. The van der Waals surface area contributed by atoms with Gasteiger partial charge in [-0.2, -0.15) is 0 Å². The number of carbonyl (C=O) groups excluding carboxylic acids is 1. The Kier molecular flexibility index (Phi) is 6.44. The SMILES string of the molecule is CC(C)N(CC(=O)O)C(=O)c1ccc(CSc2ccccc2)cc1. The molecule has 2 aromatic rings. The zero-order valence-corrected chi connectivity index (χ0v) is 14.6. The van der Waals surface area contributed by atoms with Gasteiger partial charge < -0.3 is 10.0 Å². The third-order valence-electron chi connectivity index (χ3n) is 3.54. The van der Waals surface area contributed by atoms with E-state index < -0.39 is 5.97 Å². The molecule has 126 valence electrons.